The first-order valence-electron chi connectivity index (χ1n) is 8.52. The first kappa shape index (κ1) is 20.1. The number of rotatable bonds is 4. The van der Waals surface area contributed by atoms with E-state index in [0.29, 0.717) is 10.6 Å². The summed E-state index contributed by atoms with van der Waals surface area (Å²) in [6.07, 6.45) is -3.40. The number of nitrogens with zero attached hydrogens (tertiary/aromatic N) is 1. The molecular formula is C20H16F3N3O3. The second-order valence-corrected chi connectivity index (χ2v) is 6.42. The van der Waals surface area contributed by atoms with Crippen molar-refractivity contribution in [2.45, 2.75) is 13.1 Å². The molecule has 2 N–H and O–H groups in total. The Morgan fingerprint density at radius 3 is 2.55 bits per heavy atom. The van der Waals surface area contributed by atoms with Crippen molar-refractivity contribution in [3.8, 4) is 0 Å². The predicted molar refractivity (Wildman–Crippen MR) is 99.5 cm³/mol. The lowest BCUT2D eigenvalue weighted by Gasteiger charge is -2.12. The van der Waals surface area contributed by atoms with Gasteiger partial charge in [0.15, 0.2) is 0 Å². The van der Waals surface area contributed by atoms with Crippen LogP contribution in [0.1, 0.15) is 16.7 Å². The van der Waals surface area contributed by atoms with Crippen LogP contribution in [0.4, 0.5) is 23.7 Å². The predicted octanol–water partition coefficient (Wildman–Crippen LogP) is 3.55. The number of nitrogens with one attached hydrogen (secondary N) is 2. The number of aryl methyl sites for hydroxylation is 1. The van der Waals surface area contributed by atoms with Crippen molar-refractivity contribution < 1.29 is 27.6 Å². The highest BCUT2D eigenvalue weighted by Gasteiger charge is 2.35. The van der Waals surface area contributed by atoms with Crippen LogP contribution in [0.25, 0.3) is 6.08 Å². The molecular weight excluding hydrogens is 387 g/mol. The number of imide groups is 1. The third-order valence-electron chi connectivity index (χ3n) is 4.09. The smallest absolute Gasteiger partial charge is 0.325 e. The van der Waals surface area contributed by atoms with Crippen LogP contribution in [0.3, 0.4) is 0 Å². The van der Waals surface area contributed by atoms with Gasteiger partial charge in [0.05, 0.1) is 5.56 Å². The number of anilines is 1. The lowest BCUT2D eigenvalue weighted by Crippen LogP contribution is -2.38. The van der Waals surface area contributed by atoms with E-state index in [1.165, 1.54) is 12.1 Å². The maximum Gasteiger partial charge on any atom is 0.416 e. The number of carbonyl (C=O) groups is 3. The molecule has 3 rings (SSSR count). The Hall–Kier alpha value is -3.62. The van der Waals surface area contributed by atoms with Crippen molar-refractivity contribution in [3.63, 3.8) is 0 Å². The van der Waals surface area contributed by atoms with Crippen molar-refractivity contribution in [1.29, 1.82) is 0 Å². The largest absolute Gasteiger partial charge is 0.416 e. The van der Waals surface area contributed by atoms with Crippen LogP contribution in [0.2, 0.25) is 0 Å². The maximum absolute atomic E-state index is 12.8. The molecule has 0 spiro atoms. The summed E-state index contributed by atoms with van der Waals surface area (Å²) < 4.78 is 38.5. The minimum Gasteiger partial charge on any atom is -0.325 e. The van der Waals surface area contributed by atoms with E-state index in [0.717, 1.165) is 23.8 Å². The molecule has 150 valence electrons. The molecule has 2 aromatic rings. The zero-order chi connectivity index (χ0) is 21.2. The Kier molecular flexibility index (Phi) is 5.40. The summed E-state index contributed by atoms with van der Waals surface area (Å²) in [5, 5.41) is 4.86. The summed E-state index contributed by atoms with van der Waals surface area (Å²) in [6.45, 7) is 1.32. The Morgan fingerprint density at radius 2 is 1.86 bits per heavy atom. The average molecular weight is 403 g/mol. The number of carbonyl (C=O) groups excluding carboxylic acids is 3. The van der Waals surface area contributed by atoms with Crippen LogP contribution in [0.5, 0.6) is 0 Å². The summed E-state index contributed by atoms with van der Waals surface area (Å²) in [7, 11) is 0. The molecule has 1 fully saturated rings. The first-order chi connectivity index (χ1) is 13.6. The maximum atomic E-state index is 12.8. The molecule has 2 aromatic carbocycles. The van der Waals surface area contributed by atoms with Crippen LogP contribution in [0.15, 0.2) is 54.2 Å². The number of benzene rings is 2. The number of hydrogen-bond donors (Lipinski definition) is 2. The molecule has 0 aromatic heterocycles. The van der Waals surface area contributed by atoms with Gasteiger partial charge in [-0.3, -0.25) is 9.59 Å². The normalized spacial score (nSPS) is 15.6. The fraction of sp³-hybridized carbons (Fsp3) is 0.150. The van der Waals surface area contributed by atoms with E-state index in [1.807, 2.05) is 13.0 Å². The number of urea groups is 1. The molecule has 1 saturated heterocycles. The topological polar surface area (TPSA) is 78.5 Å². The molecule has 1 aliphatic rings. The van der Waals surface area contributed by atoms with Gasteiger partial charge in [0.25, 0.3) is 5.91 Å². The third kappa shape index (κ3) is 4.81. The summed E-state index contributed by atoms with van der Waals surface area (Å²) in [6, 6.07) is 10.5. The second kappa shape index (κ2) is 7.78. The summed E-state index contributed by atoms with van der Waals surface area (Å²) >= 11 is 0. The zero-order valence-electron chi connectivity index (χ0n) is 15.2. The van der Waals surface area contributed by atoms with E-state index in [9.17, 15) is 27.6 Å². The minimum absolute atomic E-state index is 0.0922. The fourth-order valence-electron chi connectivity index (χ4n) is 2.75. The highest BCUT2D eigenvalue weighted by Crippen LogP contribution is 2.30. The van der Waals surface area contributed by atoms with Gasteiger partial charge in [-0.1, -0.05) is 24.3 Å². The van der Waals surface area contributed by atoms with E-state index >= 15 is 0 Å². The van der Waals surface area contributed by atoms with E-state index in [4.69, 9.17) is 0 Å². The molecule has 1 aliphatic heterocycles. The van der Waals surface area contributed by atoms with Crippen LogP contribution < -0.4 is 10.6 Å². The standard InChI is InChI=1S/C20H16F3N3O3/c1-12-4-2-7-15(8-12)24-17(27)11-26-18(28)16(25-19(26)29)10-13-5-3-6-14(9-13)20(21,22)23/h2-10H,11H2,1H3,(H,24,27)(H,25,29)/b16-10+. The van der Waals surface area contributed by atoms with Gasteiger partial charge in [0.1, 0.15) is 12.2 Å². The van der Waals surface area contributed by atoms with Gasteiger partial charge >= 0.3 is 12.2 Å². The van der Waals surface area contributed by atoms with Gasteiger partial charge in [-0.2, -0.15) is 13.2 Å². The Balaban J connectivity index is 1.72. The van der Waals surface area contributed by atoms with E-state index in [1.54, 1.807) is 18.2 Å². The second-order valence-electron chi connectivity index (χ2n) is 6.42. The van der Waals surface area contributed by atoms with Gasteiger partial charge in [0, 0.05) is 5.69 Å². The Labute approximate surface area is 164 Å². The van der Waals surface area contributed by atoms with E-state index < -0.39 is 36.1 Å². The van der Waals surface area contributed by atoms with Crippen molar-refractivity contribution >= 4 is 29.6 Å². The molecule has 9 heteroatoms. The van der Waals surface area contributed by atoms with Gasteiger partial charge in [-0.15, -0.1) is 0 Å². The first-order valence-corrected chi connectivity index (χ1v) is 8.52. The van der Waals surface area contributed by atoms with Crippen molar-refractivity contribution in [3.05, 3.63) is 70.9 Å². The number of halogens is 3. The monoisotopic (exact) mass is 403 g/mol. The molecule has 4 amide bonds. The summed E-state index contributed by atoms with van der Waals surface area (Å²) in [5.41, 5.74) is 0.441. The van der Waals surface area contributed by atoms with Crippen LogP contribution in [-0.4, -0.2) is 29.3 Å². The van der Waals surface area contributed by atoms with Crippen molar-refractivity contribution in [1.82, 2.24) is 10.2 Å². The molecule has 0 saturated carbocycles. The number of hydrogen-bond acceptors (Lipinski definition) is 3. The highest BCUT2D eigenvalue weighted by atomic mass is 19.4. The van der Waals surface area contributed by atoms with Gasteiger partial charge in [-0.25, -0.2) is 9.69 Å². The molecule has 0 bridgehead atoms. The summed E-state index contributed by atoms with van der Waals surface area (Å²) in [4.78, 5) is 37.3. The lowest BCUT2D eigenvalue weighted by molar-refractivity contribution is -0.137. The van der Waals surface area contributed by atoms with E-state index in [-0.39, 0.29) is 11.3 Å². The zero-order valence-corrected chi connectivity index (χ0v) is 15.2. The van der Waals surface area contributed by atoms with Gasteiger partial charge in [-0.05, 0) is 48.4 Å². The Bertz CT molecular complexity index is 1020. The lowest BCUT2D eigenvalue weighted by atomic mass is 10.1. The molecule has 0 radical (unpaired) electrons. The SMILES string of the molecule is Cc1cccc(NC(=O)CN2C(=O)N/C(=C/c3cccc(C(F)(F)F)c3)C2=O)c1. The van der Waals surface area contributed by atoms with Crippen molar-refractivity contribution in [2.75, 3.05) is 11.9 Å². The minimum atomic E-state index is -4.53. The van der Waals surface area contributed by atoms with Gasteiger partial charge < -0.3 is 10.6 Å². The van der Waals surface area contributed by atoms with E-state index in [2.05, 4.69) is 10.6 Å². The molecule has 0 unspecified atom stereocenters. The quantitative estimate of drug-likeness (QED) is 0.606. The summed E-state index contributed by atoms with van der Waals surface area (Å²) in [5.74, 6) is -1.38. The molecule has 1 heterocycles. The van der Waals surface area contributed by atoms with Gasteiger partial charge in [0.2, 0.25) is 5.91 Å². The number of amides is 4. The fourth-order valence-corrected chi connectivity index (χ4v) is 2.75. The molecule has 0 aliphatic carbocycles. The Morgan fingerprint density at radius 1 is 1.14 bits per heavy atom. The molecule has 0 atom stereocenters. The molecule has 29 heavy (non-hydrogen) atoms. The van der Waals surface area contributed by atoms with Crippen LogP contribution in [-0.2, 0) is 15.8 Å². The highest BCUT2D eigenvalue weighted by molar-refractivity contribution is 6.15. The van der Waals surface area contributed by atoms with Crippen LogP contribution >= 0.6 is 0 Å². The number of alkyl halides is 3. The van der Waals surface area contributed by atoms with Crippen LogP contribution in [0, 0.1) is 6.92 Å². The average Bonchev–Trinajstić information content (AvgIpc) is 2.89. The third-order valence-corrected chi connectivity index (χ3v) is 4.09. The molecule has 6 nitrogen and oxygen atoms in total. The van der Waals surface area contributed by atoms with Crippen molar-refractivity contribution in [2.24, 2.45) is 0 Å².